The van der Waals surface area contributed by atoms with Gasteiger partial charge in [0.25, 0.3) is 0 Å². The van der Waals surface area contributed by atoms with Crippen LogP contribution in [-0.4, -0.2) is 17.3 Å². The SMILES string of the molecule is Cc1cc(OCC2(O)CCCCC2)cc(C)c1Cl. The third-order valence-electron chi connectivity index (χ3n) is 3.70. The van der Waals surface area contributed by atoms with E-state index in [0.717, 1.165) is 47.6 Å². The van der Waals surface area contributed by atoms with E-state index in [9.17, 15) is 5.11 Å². The zero-order valence-electron chi connectivity index (χ0n) is 11.1. The van der Waals surface area contributed by atoms with E-state index in [1.807, 2.05) is 26.0 Å². The molecule has 18 heavy (non-hydrogen) atoms. The van der Waals surface area contributed by atoms with Crippen LogP contribution in [0.1, 0.15) is 43.2 Å². The Morgan fingerprint density at radius 3 is 2.28 bits per heavy atom. The lowest BCUT2D eigenvalue weighted by molar-refractivity contribution is -0.0339. The van der Waals surface area contributed by atoms with Crippen molar-refractivity contribution in [3.8, 4) is 5.75 Å². The predicted molar refractivity (Wildman–Crippen MR) is 74.5 cm³/mol. The maximum atomic E-state index is 10.4. The minimum absolute atomic E-state index is 0.382. The standard InChI is InChI=1S/C15H21ClO2/c1-11-8-13(9-12(2)14(11)16)18-10-15(17)6-4-3-5-7-15/h8-9,17H,3-7,10H2,1-2H3. The van der Waals surface area contributed by atoms with Crippen molar-refractivity contribution in [2.45, 2.75) is 51.6 Å². The lowest BCUT2D eigenvalue weighted by Crippen LogP contribution is -2.37. The summed E-state index contributed by atoms with van der Waals surface area (Å²) in [6.45, 7) is 4.32. The lowest BCUT2D eigenvalue weighted by Gasteiger charge is -2.31. The Hall–Kier alpha value is -0.730. The first-order chi connectivity index (χ1) is 8.50. The fourth-order valence-electron chi connectivity index (χ4n) is 2.56. The molecule has 1 fully saturated rings. The van der Waals surface area contributed by atoms with Gasteiger partial charge in [-0.2, -0.15) is 0 Å². The molecule has 0 bridgehead atoms. The van der Waals surface area contributed by atoms with E-state index in [1.54, 1.807) is 0 Å². The summed E-state index contributed by atoms with van der Waals surface area (Å²) < 4.78 is 5.76. The Bertz CT molecular complexity index is 399. The quantitative estimate of drug-likeness (QED) is 0.897. The molecule has 0 unspecified atom stereocenters. The van der Waals surface area contributed by atoms with Gasteiger partial charge in [0.15, 0.2) is 0 Å². The van der Waals surface area contributed by atoms with Crippen molar-refractivity contribution in [1.29, 1.82) is 0 Å². The zero-order chi connectivity index (χ0) is 13.2. The Labute approximate surface area is 114 Å². The average Bonchev–Trinajstić information content (AvgIpc) is 2.34. The normalized spacial score (nSPS) is 18.7. The second kappa shape index (κ2) is 5.50. The van der Waals surface area contributed by atoms with E-state index in [-0.39, 0.29) is 0 Å². The third-order valence-corrected chi connectivity index (χ3v) is 4.30. The summed E-state index contributed by atoms with van der Waals surface area (Å²) in [5.74, 6) is 0.799. The molecule has 1 aliphatic carbocycles. The highest BCUT2D eigenvalue weighted by molar-refractivity contribution is 6.32. The number of hydrogen-bond donors (Lipinski definition) is 1. The van der Waals surface area contributed by atoms with Gasteiger partial charge in [0, 0.05) is 5.02 Å². The minimum atomic E-state index is -0.639. The number of rotatable bonds is 3. The van der Waals surface area contributed by atoms with Crippen LogP contribution in [0.2, 0.25) is 5.02 Å². The molecule has 1 aromatic carbocycles. The average molecular weight is 269 g/mol. The maximum Gasteiger partial charge on any atom is 0.120 e. The van der Waals surface area contributed by atoms with Crippen LogP contribution >= 0.6 is 11.6 Å². The molecule has 0 aliphatic heterocycles. The lowest BCUT2D eigenvalue weighted by atomic mass is 9.85. The van der Waals surface area contributed by atoms with Gasteiger partial charge >= 0.3 is 0 Å². The van der Waals surface area contributed by atoms with Gasteiger partial charge in [0.1, 0.15) is 12.4 Å². The van der Waals surface area contributed by atoms with Crippen molar-refractivity contribution in [3.05, 3.63) is 28.3 Å². The summed E-state index contributed by atoms with van der Waals surface area (Å²) in [5, 5.41) is 11.2. The molecule has 1 N–H and O–H groups in total. The predicted octanol–water partition coefficient (Wildman–Crippen LogP) is 4.03. The fraction of sp³-hybridized carbons (Fsp3) is 0.600. The van der Waals surface area contributed by atoms with Crippen LogP contribution in [0.25, 0.3) is 0 Å². The minimum Gasteiger partial charge on any atom is -0.491 e. The summed E-state index contributed by atoms with van der Waals surface area (Å²) in [6, 6.07) is 3.86. The van der Waals surface area contributed by atoms with Gasteiger partial charge in [-0.15, -0.1) is 0 Å². The molecule has 0 aromatic heterocycles. The molecule has 1 saturated carbocycles. The van der Waals surface area contributed by atoms with Crippen molar-refractivity contribution < 1.29 is 9.84 Å². The van der Waals surface area contributed by atoms with Crippen LogP contribution in [0.15, 0.2) is 12.1 Å². The first-order valence-electron chi connectivity index (χ1n) is 6.62. The van der Waals surface area contributed by atoms with Crippen LogP contribution in [0.5, 0.6) is 5.75 Å². The number of halogens is 1. The van der Waals surface area contributed by atoms with Gasteiger partial charge in [0.2, 0.25) is 0 Å². The second-order valence-corrected chi connectivity index (χ2v) is 5.82. The highest BCUT2D eigenvalue weighted by Gasteiger charge is 2.30. The molecule has 3 heteroatoms. The summed E-state index contributed by atoms with van der Waals surface area (Å²) in [6.07, 6.45) is 5.11. The molecule has 0 saturated heterocycles. The van der Waals surface area contributed by atoms with E-state index in [0.29, 0.717) is 6.61 Å². The van der Waals surface area contributed by atoms with Crippen molar-refractivity contribution >= 4 is 11.6 Å². The van der Waals surface area contributed by atoms with Crippen LogP contribution in [0.4, 0.5) is 0 Å². The second-order valence-electron chi connectivity index (χ2n) is 5.44. The highest BCUT2D eigenvalue weighted by Crippen LogP contribution is 2.30. The Morgan fingerprint density at radius 1 is 1.17 bits per heavy atom. The van der Waals surface area contributed by atoms with E-state index < -0.39 is 5.60 Å². The van der Waals surface area contributed by atoms with Gasteiger partial charge in [0.05, 0.1) is 5.60 Å². The van der Waals surface area contributed by atoms with E-state index in [1.165, 1.54) is 6.42 Å². The highest BCUT2D eigenvalue weighted by atomic mass is 35.5. The van der Waals surface area contributed by atoms with E-state index in [4.69, 9.17) is 16.3 Å². The summed E-state index contributed by atoms with van der Waals surface area (Å²) in [5.41, 5.74) is 1.39. The Morgan fingerprint density at radius 2 is 1.72 bits per heavy atom. The monoisotopic (exact) mass is 268 g/mol. The molecule has 0 amide bonds. The third kappa shape index (κ3) is 3.18. The molecule has 100 valence electrons. The molecule has 1 aliphatic rings. The topological polar surface area (TPSA) is 29.5 Å². The largest absolute Gasteiger partial charge is 0.491 e. The van der Waals surface area contributed by atoms with Crippen LogP contribution in [0.3, 0.4) is 0 Å². The smallest absolute Gasteiger partial charge is 0.120 e. The molecule has 0 atom stereocenters. The fourth-order valence-corrected chi connectivity index (χ4v) is 2.67. The number of benzene rings is 1. The van der Waals surface area contributed by atoms with Crippen molar-refractivity contribution in [2.75, 3.05) is 6.61 Å². The first-order valence-corrected chi connectivity index (χ1v) is 7.00. The van der Waals surface area contributed by atoms with E-state index >= 15 is 0 Å². The van der Waals surface area contributed by atoms with Gasteiger partial charge in [-0.3, -0.25) is 0 Å². The van der Waals surface area contributed by atoms with Crippen LogP contribution in [-0.2, 0) is 0 Å². The zero-order valence-corrected chi connectivity index (χ0v) is 11.9. The molecular weight excluding hydrogens is 248 g/mol. The molecule has 1 aromatic rings. The van der Waals surface area contributed by atoms with Gasteiger partial charge in [-0.05, 0) is 49.9 Å². The van der Waals surface area contributed by atoms with Crippen molar-refractivity contribution in [3.63, 3.8) is 0 Å². The number of ether oxygens (including phenoxy) is 1. The molecule has 2 nitrogen and oxygen atoms in total. The maximum absolute atomic E-state index is 10.4. The van der Waals surface area contributed by atoms with E-state index in [2.05, 4.69) is 0 Å². The molecule has 2 rings (SSSR count). The molecule has 0 heterocycles. The van der Waals surface area contributed by atoms with Gasteiger partial charge in [-0.1, -0.05) is 30.9 Å². The van der Waals surface area contributed by atoms with Gasteiger partial charge < -0.3 is 9.84 Å². The van der Waals surface area contributed by atoms with Crippen LogP contribution < -0.4 is 4.74 Å². The van der Waals surface area contributed by atoms with Gasteiger partial charge in [-0.25, -0.2) is 0 Å². The molecule has 0 spiro atoms. The molecular formula is C15H21ClO2. The van der Waals surface area contributed by atoms with Crippen molar-refractivity contribution in [2.24, 2.45) is 0 Å². The molecule has 0 radical (unpaired) electrons. The number of hydrogen-bond acceptors (Lipinski definition) is 2. The van der Waals surface area contributed by atoms with Crippen LogP contribution in [0, 0.1) is 13.8 Å². The Balaban J connectivity index is 2.01. The summed E-state index contributed by atoms with van der Waals surface area (Å²) in [4.78, 5) is 0. The Kier molecular flexibility index (Phi) is 4.18. The number of aryl methyl sites for hydroxylation is 2. The summed E-state index contributed by atoms with van der Waals surface area (Å²) >= 11 is 6.12. The number of aliphatic hydroxyl groups is 1. The van der Waals surface area contributed by atoms with Crippen molar-refractivity contribution in [1.82, 2.24) is 0 Å². The summed E-state index contributed by atoms with van der Waals surface area (Å²) in [7, 11) is 0. The first kappa shape index (κ1) is 13.7.